The lowest BCUT2D eigenvalue weighted by atomic mass is 10.1. The molecule has 1 aromatic rings. The van der Waals surface area contributed by atoms with Gasteiger partial charge in [-0.3, -0.25) is 0 Å². The van der Waals surface area contributed by atoms with Crippen molar-refractivity contribution in [2.24, 2.45) is 4.99 Å². The van der Waals surface area contributed by atoms with E-state index in [0.717, 1.165) is 25.5 Å². The first-order valence-corrected chi connectivity index (χ1v) is 10.4. The molecule has 1 saturated heterocycles. The molecule has 6 nitrogen and oxygen atoms in total. The van der Waals surface area contributed by atoms with Crippen molar-refractivity contribution in [2.75, 3.05) is 32.9 Å². The van der Waals surface area contributed by atoms with Crippen LogP contribution in [0.25, 0.3) is 0 Å². The molecule has 0 aromatic heterocycles. The molecule has 1 fully saturated rings. The van der Waals surface area contributed by atoms with E-state index >= 15 is 0 Å². The second-order valence-electron chi connectivity index (χ2n) is 7.32. The highest BCUT2D eigenvalue weighted by Crippen LogP contribution is 2.35. The largest absolute Gasteiger partial charge is 0.491 e. The molecule has 1 atom stereocenters. The van der Waals surface area contributed by atoms with E-state index in [1.807, 2.05) is 6.92 Å². The van der Waals surface area contributed by atoms with Crippen molar-refractivity contribution >= 4 is 5.96 Å². The van der Waals surface area contributed by atoms with Gasteiger partial charge in [-0.25, -0.2) is 4.99 Å². The summed E-state index contributed by atoms with van der Waals surface area (Å²) in [4.78, 5) is 4.32. The summed E-state index contributed by atoms with van der Waals surface area (Å²) in [5.41, 5.74) is -0.632. The molecule has 0 spiro atoms. The Labute approximate surface area is 176 Å². The maximum atomic E-state index is 13.5. The predicted octanol–water partition coefficient (Wildman–Crippen LogP) is 3.74. The molecule has 1 unspecified atom stereocenters. The molecular weight excluding hydrogens is 399 g/mol. The summed E-state index contributed by atoms with van der Waals surface area (Å²) in [6.45, 7) is 8.53. The number of hydrogen-bond donors (Lipinski definition) is 2. The average Bonchev–Trinajstić information content (AvgIpc) is 3.18. The fraction of sp³-hybridized carbons (Fsp3) is 0.667. The zero-order chi connectivity index (χ0) is 22.0. The van der Waals surface area contributed by atoms with Crippen molar-refractivity contribution in [3.63, 3.8) is 0 Å². The number of aliphatic imine (C=N–C) groups is 1. The third kappa shape index (κ3) is 8.39. The zero-order valence-corrected chi connectivity index (χ0v) is 17.8. The van der Waals surface area contributed by atoms with Crippen LogP contribution in [0.5, 0.6) is 5.75 Å². The highest BCUT2D eigenvalue weighted by Gasteiger charge is 2.33. The van der Waals surface area contributed by atoms with Gasteiger partial charge in [0.1, 0.15) is 5.75 Å². The van der Waals surface area contributed by atoms with Crippen molar-refractivity contribution in [2.45, 2.75) is 58.5 Å². The van der Waals surface area contributed by atoms with Gasteiger partial charge in [0.25, 0.3) is 0 Å². The van der Waals surface area contributed by atoms with Crippen LogP contribution in [0.4, 0.5) is 13.2 Å². The maximum Gasteiger partial charge on any atom is 0.416 e. The third-order valence-corrected chi connectivity index (χ3v) is 4.37. The van der Waals surface area contributed by atoms with Crippen LogP contribution >= 0.6 is 0 Å². The highest BCUT2D eigenvalue weighted by atomic mass is 19.4. The molecule has 2 N–H and O–H groups in total. The van der Waals surface area contributed by atoms with Crippen LogP contribution < -0.4 is 15.4 Å². The molecule has 2 rings (SSSR count). The molecule has 1 heterocycles. The molecule has 1 aliphatic rings. The Balaban J connectivity index is 1.94. The second kappa shape index (κ2) is 12.0. The smallest absolute Gasteiger partial charge is 0.416 e. The number of hydrogen-bond acceptors (Lipinski definition) is 4. The van der Waals surface area contributed by atoms with Gasteiger partial charge >= 0.3 is 6.18 Å². The Morgan fingerprint density at radius 1 is 1.30 bits per heavy atom. The Kier molecular flexibility index (Phi) is 9.71. The molecule has 9 heteroatoms. The standard InChI is InChI=1S/C21H32F3N3O3/c1-4-25-20(26-9-5-10-29-18-8-11-28-14-18)27-13-16-6-7-17(30-15(2)3)12-19(16)21(22,23)24/h6-7,12,15,18H,4-5,8-11,13-14H2,1-3H3,(H2,25,26,27). The van der Waals surface area contributed by atoms with Crippen molar-refractivity contribution in [1.82, 2.24) is 10.6 Å². The SMILES string of the molecule is CCNC(=NCc1ccc(OC(C)C)cc1C(F)(F)F)NCCCOC1CCOC1. The molecule has 1 aliphatic heterocycles. The topological polar surface area (TPSA) is 64.1 Å². The summed E-state index contributed by atoms with van der Waals surface area (Å²) >= 11 is 0. The Hall–Kier alpha value is -2.00. The van der Waals surface area contributed by atoms with E-state index in [9.17, 15) is 13.2 Å². The van der Waals surface area contributed by atoms with Gasteiger partial charge in [0.05, 0.1) is 30.9 Å². The quantitative estimate of drug-likeness (QED) is 0.336. The average molecular weight is 431 g/mol. The molecule has 0 bridgehead atoms. The number of ether oxygens (including phenoxy) is 3. The molecule has 30 heavy (non-hydrogen) atoms. The third-order valence-electron chi connectivity index (χ3n) is 4.37. The van der Waals surface area contributed by atoms with Gasteiger partial charge in [-0.2, -0.15) is 13.2 Å². The zero-order valence-electron chi connectivity index (χ0n) is 17.8. The molecule has 0 amide bonds. The number of halogens is 3. The first-order chi connectivity index (χ1) is 14.3. The lowest BCUT2D eigenvalue weighted by Gasteiger charge is -2.16. The van der Waals surface area contributed by atoms with Gasteiger partial charge in [0, 0.05) is 26.3 Å². The van der Waals surface area contributed by atoms with E-state index in [0.29, 0.717) is 32.3 Å². The summed E-state index contributed by atoms with van der Waals surface area (Å²) in [5.74, 6) is 0.667. The first kappa shape index (κ1) is 24.3. The molecule has 0 saturated carbocycles. The van der Waals surface area contributed by atoms with Gasteiger partial charge in [-0.15, -0.1) is 0 Å². The predicted molar refractivity (Wildman–Crippen MR) is 110 cm³/mol. The normalized spacial score (nSPS) is 17.4. The molecule has 1 aromatic carbocycles. The van der Waals surface area contributed by atoms with Gasteiger partial charge in [0.15, 0.2) is 5.96 Å². The van der Waals surface area contributed by atoms with Gasteiger partial charge < -0.3 is 24.8 Å². The van der Waals surface area contributed by atoms with Crippen LogP contribution in [0.2, 0.25) is 0 Å². The van der Waals surface area contributed by atoms with Gasteiger partial charge in [-0.1, -0.05) is 6.07 Å². The maximum absolute atomic E-state index is 13.5. The summed E-state index contributed by atoms with van der Waals surface area (Å²) in [7, 11) is 0. The fourth-order valence-electron chi connectivity index (χ4n) is 2.98. The minimum Gasteiger partial charge on any atom is -0.491 e. The van der Waals surface area contributed by atoms with Crippen LogP contribution in [0.15, 0.2) is 23.2 Å². The lowest BCUT2D eigenvalue weighted by molar-refractivity contribution is -0.138. The molecular formula is C21H32F3N3O3. The van der Waals surface area contributed by atoms with E-state index in [4.69, 9.17) is 14.2 Å². The van der Waals surface area contributed by atoms with Crippen molar-refractivity contribution in [1.29, 1.82) is 0 Å². The van der Waals surface area contributed by atoms with E-state index in [1.54, 1.807) is 19.9 Å². The van der Waals surface area contributed by atoms with E-state index in [-0.39, 0.29) is 30.1 Å². The number of rotatable bonds is 10. The molecule has 0 radical (unpaired) electrons. The van der Waals surface area contributed by atoms with Crippen molar-refractivity contribution in [3.8, 4) is 5.75 Å². The number of benzene rings is 1. The monoisotopic (exact) mass is 431 g/mol. The first-order valence-electron chi connectivity index (χ1n) is 10.4. The van der Waals surface area contributed by atoms with Crippen LogP contribution in [-0.2, 0) is 22.2 Å². The summed E-state index contributed by atoms with van der Waals surface area (Å²) in [6, 6.07) is 4.00. The summed E-state index contributed by atoms with van der Waals surface area (Å²) in [6.07, 6.45) is -2.84. The van der Waals surface area contributed by atoms with Crippen LogP contribution in [0.1, 0.15) is 44.7 Å². The Bertz CT molecular complexity index is 675. The number of nitrogens with zero attached hydrogens (tertiary/aromatic N) is 1. The minimum atomic E-state index is -4.48. The highest BCUT2D eigenvalue weighted by molar-refractivity contribution is 5.79. The van der Waals surface area contributed by atoms with Crippen LogP contribution in [0.3, 0.4) is 0 Å². The number of alkyl halides is 3. The summed E-state index contributed by atoms with van der Waals surface area (Å²) < 4.78 is 56.9. The van der Waals surface area contributed by atoms with Crippen LogP contribution in [-0.4, -0.2) is 51.1 Å². The molecule has 170 valence electrons. The van der Waals surface area contributed by atoms with Crippen molar-refractivity contribution < 1.29 is 27.4 Å². The molecule has 0 aliphatic carbocycles. The number of nitrogens with one attached hydrogen (secondary N) is 2. The van der Waals surface area contributed by atoms with E-state index < -0.39 is 11.7 Å². The van der Waals surface area contributed by atoms with Gasteiger partial charge in [0.2, 0.25) is 0 Å². The van der Waals surface area contributed by atoms with E-state index in [1.165, 1.54) is 6.07 Å². The van der Waals surface area contributed by atoms with Gasteiger partial charge in [-0.05, 0) is 51.3 Å². The fourth-order valence-corrected chi connectivity index (χ4v) is 2.98. The Morgan fingerprint density at radius 2 is 2.10 bits per heavy atom. The summed E-state index contributed by atoms with van der Waals surface area (Å²) in [5, 5.41) is 6.19. The van der Waals surface area contributed by atoms with E-state index in [2.05, 4.69) is 15.6 Å². The van der Waals surface area contributed by atoms with Crippen molar-refractivity contribution in [3.05, 3.63) is 29.3 Å². The second-order valence-corrected chi connectivity index (χ2v) is 7.32. The Morgan fingerprint density at radius 3 is 2.73 bits per heavy atom. The van der Waals surface area contributed by atoms with Crippen LogP contribution in [0, 0.1) is 0 Å². The number of guanidine groups is 1. The minimum absolute atomic E-state index is 0.0952. The lowest BCUT2D eigenvalue weighted by Crippen LogP contribution is -2.38.